The lowest BCUT2D eigenvalue weighted by atomic mass is 10.0. The maximum absolute atomic E-state index is 12.0. The first kappa shape index (κ1) is 21.3. The number of pyridine rings is 1. The van der Waals surface area contributed by atoms with Gasteiger partial charge in [0, 0.05) is 42.2 Å². The Labute approximate surface area is 194 Å². The summed E-state index contributed by atoms with van der Waals surface area (Å²) in [6.07, 6.45) is 5.57. The highest BCUT2D eigenvalue weighted by Crippen LogP contribution is 2.30. The number of rotatable bonds is 8. The third kappa shape index (κ3) is 4.77. The van der Waals surface area contributed by atoms with E-state index >= 15 is 0 Å². The number of benzene rings is 2. The maximum atomic E-state index is 12.0. The van der Waals surface area contributed by atoms with Crippen molar-refractivity contribution < 1.29 is 9.53 Å². The van der Waals surface area contributed by atoms with Gasteiger partial charge in [-0.05, 0) is 61.2 Å². The standard InChI is InChI=1S/C28H29N3O2/c1-20(32)18-27(21-6-3-2-4-7-21)31-16-13-23-19-25(11-12-26(23)31)33-17-14-24-10-9-22-8-5-15-29-28(22)30-24/h2-4,6-7,9-13,16,19,27H,5,8,14-15,17-18H2,1H3,(H,29,30). The number of nitrogens with zero attached hydrogens (tertiary/aromatic N) is 2. The Morgan fingerprint density at radius 1 is 1.12 bits per heavy atom. The molecule has 0 amide bonds. The van der Waals surface area contributed by atoms with E-state index in [1.54, 1.807) is 6.92 Å². The molecule has 33 heavy (non-hydrogen) atoms. The van der Waals surface area contributed by atoms with Crippen molar-refractivity contribution in [2.24, 2.45) is 0 Å². The van der Waals surface area contributed by atoms with Crippen molar-refractivity contribution in [2.75, 3.05) is 18.5 Å². The van der Waals surface area contributed by atoms with Crippen LogP contribution >= 0.6 is 0 Å². The Hall–Kier alpha value is -3.60. The van der Waals surface area contributed by atoms with Crippen molar-refractivity contribution in [1.29, 1.82) is 0 Å². The minimum absolute atomic E-state index is 0.0170. The monoisotopic (exact) mass is 439 g/mol. The number of Topliss-reactive ketones (excluding diaryl/α,β-unsaturated/α-hetero) is 1. The van der Waals surface area contributed by atoms with Crippen molar-refractivity contribution >= 4 is 22.5 Å². The molecule has 5 rings (SSSR count). The molecule has 0 aliphatic carbocycles. The van der Waals surface area contributed by atoms with Crippen LogP contribution in [-0.2, 0) is 17.6 Å². The molecule has 0 bridgehead atoms. The van der Waals surface area contributed by atoms with E-state index in [1.165, 1.54) is 12.0 Å². The van der Waals surface area contributed by atoms with Gasteiger partial charge in [0.05, 0.1) is 12.6 Å². The zero-order valence-corrected chi connectivity index (χ0v) is 19.0. The van der Waals surface area contributed by atoms with Crippen LogP contribution in [0.1, 0.15) is 42.6 Å². The molecule has 3 heterocycles. The predicted octanol–water partition coefficient (Wildman–Crippen LogP) is 5.58. The lowest BCUT2D eigenvalue weighted by molar-refractivity contribution is -0.117. The summed E-state index contributed by atoms with van der Waals surface area (Å²) in [6, 6.07) is 22.7. The van der Waals surface area contributed by atoms with Crippen molar-refractivity contribution in [3.8, 4) is 5.75 Å². The van der Waals surface area contributed by atoms with E-state index < -0.39 is 0 Å². The quantitative estimate of drug-likeness (QED) is 0.389. The second kappa shape index (κ2) is 9.49. The summed E-state index contributed by atoms with van der Waals surface area (Å²) in [5.74, 6) is 2.05. The number of carbonyl (C=O) groups is 1. The molecule has 2 aromatic carbocycles. The minimum Gasteiger partial charge on any atom is -0.493 e. The molecular weight excluding hydrogens is 410 g/mol. The molecule has 0 saturated heterocycles. The van der Waals surface area contributed by atoms with E-state index in [0.29, 0.717) is 13.0 Å². The molecule has 0 spiro atoms. The van der Waals surface area contributed by atoms with Gasteiger partial charge in [0.25, 0.3) is 0 Å². The number of aryl methyl sites for hydroxylation is 1. The smallest absolute Gasteiger partial charge is 0.132 e. The molecule has 1 unspecified atom stereocenters. The number of hydrogen-bond acceptors (Lipinski definition) is 4. The number of hydrogen-bond donors (Lipinski definition) is 1. The summed E-state index contributed by atoms with van der Waals surface area (Å²) >= 11 is 0. The van der Waals surface area contributed by atoms with Crippen LogP contribution in [0.5, 0.6) is 5.75 Å². The third-order valence-electron chi connectivity index (χ3n) is 6.27. The average Bonchev–Trinajstić information content (AvgIpc) is 3.26. The second-order valence-electron chi connectivity index (χ2n) is 8.72. The van der Waals surface area contributed by atoms with Gasteiger partial charge in [0.15, 0.2) is 0 Å². The molecule has 1 N–H and O–H groups in total. The highest BCUT2D eigenvalue weighted by molar-refractivity contribution is 5.83. The molecule has 1 atom stereocenters. The Morgan fingerprint density at radius 3 is 2.85 bits per heavy atom. The summed E-state index contributed by atoms with van der Waals surface area (Å²) in [5.41, 5.74) is 4.59. The zero-order valence-electron chi connectivity index (χ0n) is 19.0. The van der Waals surface area contributed by atoms with Crippen molar-refractivity contribution in [2.45, 2.75) is 38.6 Å². The predicted molar refractivity (Wildman–Crippen MR) is 132 cm³/mol. The highest BCUT2D eigenvalue weighted by Gasteiger charge is 2.18. The Morgan fingerprint density at radius 2 is 2.00 bits per heavy atom. The number of carbonyl (C=O) groups excluding carboxylic acids is 1. The SMILES string of the molecule is CC(=O)CC(c1ccccc1)n1ccc2cc(OCCc3ccc4c(n3)NCCC4)ccc21. The van der Waals surface area contributed by atoms with Crippen LogP contribution in [0.15, 0.2) is 72.9 Å². The van der Waals surface area contributed by atoms with Gasteiger partial charge in [-0.1, -0.05) is 36.4 Å². The molecule has 168 valence electrons. The molecule has 1 aliphatic heterocycles. The van der Waals surface area contributed by atoms with Gasteiger partial charge in [-0.25, -0.2) is 4.98 Å². The Kier molecular flexibility index (Phi) is 6.11. The first-order valence-corrected chi connectivity index (χ1v) is 11.7. The van der Waals surface area contributed by atoms with Gasteiger partial charge in [-0.3, -0.25) is 4.79 Å². The number of ketones is 1. The van der Waals surface area contributed by atoms with Gasteiger partial charge < -0.3 is 14.6 Å². The first-order chi connectivity index (χ1) is 16.2. The van der Waals surface area contributed by atoms with E-state index in [-0.39, 0.29) is 11.8 Å². The largest absolute Gasteiger partial charge is 0.493 e. The van der Waals surface area contributed by atoms with Gasteiger partial charge >= 0.3 is 0 Å². The fraction of sp³-hybridized carbons (Fsp3) is 0.286. The van der Waals surface area contributed by atoms with Crippen molar-refractivity contribution in [3.05, 3.63) is 89.7 Å². The van der Waals surface area contributed by atoms with E-state index in [4.69, 9.17) is 9.72 Å². The van der Waals surface area contributed by atoms with Crippen LogP contribution in [0.2, 0.25) is 0 Å². The summed E-state index contributed by atoms with van der Waals surface area (Å²) in [7, 11) is 0. The molecule has 0 saturated carbocycles. The summed E-state index contributed by atoms with van der Waals surface area (Å²) in [5, 5.41) is 4.50. The van der Waals surface area contributed by atoms with Crippen LogP contribution in [0.3, 0.4) is 0 Å². The number of anilines is 1. The lowest BCUT2D eigenvalue weighted by Crippen LogP contribution is -2.14. The van der Waals surface area contributed by atoms with E-state index in [2.05, 4.69) is 58.5 Å². The molecule has 5 nitrogen and oxygen atoms in total. The van der Waals surface area contributed by atoms with Crippen molar-refractivity contribution in [3.63, 3.8) is 0 Å². The fourth-order valence-corrected chi connectivity index (χ4v) is 4.61. The summed E-state index contributed by atoms with van der Waals surface area (Å²) < 4.78 is 8.25. The maximum Gasteiger partial charge on any atom is 0.132 e. The van der Waals surface area contributed by atoms with E-state index in [0.717, 1.165) is 53.1 Å². The van der Waals surface area contributed by atoms with E-state index in [1.807, 2.05) is 24.3 Å². The topological polar surface area (TPSA) is 56.2 Å². The van der Waals surface area contributed by atoms with E-state index in [9.17, 15) is 4.79 Å². The summed E-state index contributed by atoms with van der Waals surface area (Å²) in [4.78, 5) is 16.7. The number of fused-ring (bicyclic) bond motifs is 2. The number of nitrogens with one attached hydrogen (secondary N) is 1. The van der Waals surface area contributed by atoms with Crippen molar-refractivity contribution in [1.82, 2.24) is 9.55 Å². The van der Waals surface area contributed by atoms with Crippen LogP contribution in [-0.4, -0.2) is 28.5 Å². The molecule has 0 fully saturated rings. The van der Waals surface area contributed by atoms with Gasteiger partial charge in [-0.2, -0.15) is 0 Å². The third-order valence-corrected chi connectivity index (χ3v) is 6.27. The Balaban J connectivity index is 1.30. The van der Waals surface area contributed by atoms with Crippen LogP contribution in [0.4, 0.5) is 5.82 Å². The molecular formula is C28H29N3O2. The molecule has 1 aliphatic rings. The minimum atomic E-state index is -0.0170. The molecule has 4 aromatic rings. The zero-order chi connectivity index (χ0) is 22.6. The second-order valence-corrected chi connectivity index (χ2v) is 8.72. The van der Waals surface area contributed by atoms with Crippen LogP contribution in [0, 0.1) is 0 Å². The summed E-state index contributed by atoms with van der Waals surface area (Å²) in [6.45, 7) is 3.23. The molecule has 5 heteroatoms. The normalized spacial score (nSPS) is 13.8. The van der Waals surface area contributed by atoms with Gasteiger partial charge in [-0.15, -0.1) is 0 Å². The van der Waals surface area contributed by atoms with Crippen LogP contribution in [0.25, 0.3) is 10.9 Å². The van der Waals surface area contributed by atoms with Crippen LogP contribution < -0.4 is 10.1 Å². The molecule has 0 radical (unpaired) electrons. The number of aromatic nitrogens is 2. The average molecular weight is 440 g/mol. The molecule has 2 aromatic heterocycles. The first-order valence-electron chi connectivity index (χ1n) is 11.7. The number of ether oxygens (including phenoxy) is 1. The fourth-order valence-electron chi connectivity index (χ4n) is 4.61. The van der Waals surface area contributed by atoms with Gasteiger partial charge in [0.1, 0.15) is 17.4 Å². The lowest BCUT2D eigenvalue weighted by Gasteiger charge is -2.20. The Bertz CT molecular complexity index is 1260. The highest BCUT2D eigenvalue weighted by atomic mass is 16.5. The van der Waals surface area contributed by atoms with Gasteiger partial charge in [0.2, 0.25) is 0 Å².